The molecule has 4 heteroatoms. The van der Waals surface area contributed by atoms with E-state index in [1.807, 2.05) is 0 Å². The number of hydrogen-bond acceptors (Lipinski definition) is 0. The minimum atomic E-state index is 0. The molecule has 4 heavy (non-hydrogen) atoms. The van der Waals surface area contributed by atoms with Gasteiger partial charge in [-0.25, -0.2) is 0 Å². The van der Waals surface area contributed by atoms with Crippen LogP contribution in [-0.2, 0) is 0 Å². The second kappa shape index (κ2) is 30.0. The molecule has 0 heterocycles. The molecule has 0 rings (SSSR count). The average Bonchev–Trinajstić information content (AvgIpc) is 0. The Bertz CT molecular complexity index is 3.25. The zero-order chi connectivity index (χ0) is 0. The van der Waals surface area contributed by atoms with Crippen LogP contribution in [0.5, 0.6) is 0 Å². The average molecular weight is 55.4 g/mol. The molecule has 0 N–H and O–H groups in total. The van der Waals surface area contributed by atoms with E-state index in [0.717, 1.165) is 0 Å². The Morgan fingerprint density at radius 1 is 0.500 bits per heavy atom. The molecule has 0 unspecified atom stereocenters. The summed E-state index contributed by atoms with van der Waals surface area (Å²) in [5.41, 5.74) is 0. The molecule has 0 aliphatic rings. The first-order valence-corrected chi connectivity index (χ1v) is 0. The van der Waals surface area contributed by atoms with Gasteiger partial charge in [-0.2, -0.15) is 0 Å². The summed E-state index contributed by atoms with van der Waals surface area (Å²) < 4.78 is 0. The molecular formula is B3Na. The summed E-state index contributed by atoms with van der Waals surface area (Å²) in [6.07, 6.45) is 0. The predicted molar refractivity (Wildman–Crippen MR) is 23.0 cm³/mol. The Kier molecular flexibility index (Phi) is 480. The van der Waals surface area contributed by atoms with Gasteiger partial charge in [-0.15, -0.1) is 0 Å². The molecule has 0 nitrogen and oxygen atoms in total. The third kappa shape index (κ3) is 10.8. The van der Waals surface area contributed by atoms with E-state index in [2.05, 4.69) is 0 Å². The minimum Gasteiger partial charge on any atom is 0 e. The fraction of sp³-hybridized carbons (Fsp3) is 0. The first-order valence-electron chi connectivity index (χ1n) is 0. The predicted octanol–water partition coefficient (Wildman–Crippen LogP) is -1.52. The summed E-state index contributed by atoms with van der Waals surface area (Å²) in [5.74, 6) is 0. The zero-order valence-electron chi connectivity index (χ0n) is 2.73. The molecule has 0 aromatic carbocycles. The smallest absolute Gasteiger partial charge is 0 e. The molecule has 0 fully saturated rings. The first kappa shape index (κ1) is 64.0. The Morgan fingerprint density at radius 2 is 0.500 bits per heavy atom. The molecule has 0 saturated carbocycles. The van der Waals surface area contributed by atoms with Crippen LogP contribution in [0.25, 0.3) is 0 Å². The molecule has 10 valence electrons. The fourth-order valence-electron chi connectivity index (χ4n) is 0. The van der Waals surface area contributed by atoms with Gasteiger partial charge >= 0.3 is 0 Å². The Labute approximate surface area is 54.7 Å². The maximum atomic E-state index is 0. The van der Waals surface area contributed by atoms with Crippen LogP contribution in [0.1, 0.15) is 0 Å². The van der Waals surface area contributed by atoms with Crippen molar-refractivity contribution in [3.05, 3.63) is 0 Å². The van der Waals surface area contributed by atoms with Crippen molar-refractivity contribution < 1.29 is 0 Å². The molecule has 10 radical (unpaired) electrons. The van der Waals surface area contributed by atoms with E-state index in [1.54, 1.807) is 0 Å². The van der Waals surface area contributed by atoms with Gasteiger partial charge in [0.1, 0.15) is 0 Å². The first-order chi connectivity index (χ1) is 0. The summed E-state index contributed by atoms with van der Waals surface area (Å²) in [6, 6.07) is 0. The van der Waals surface area contributed by atoms with Gasteiger partial charge in [-0.05, 0) is 0 Å². The molecule has 0 aliphatic heterocycles. The topological polar surface area (TPSA) is 0 Å². The van der Waals surface area contributed by atoms with Gasteiger partial charge in [0, 0.05) is 54.8 Å². The normalized spacial score (nSPS) is 0. The molecule has 0 spiro atoms. The van der Waals surface area contributed by atoms with Crippen LogP contribution in [0.15, 0.2) is 0 Å². The Morgan fingerprint density at radius 3 is 0.500 bits per heavy atom. The van der Waals surface area contributed by atoms with Crippen molar-refractivity contribution in [1.82, 2.24) is 0 Å². The molecule has 0 atom stereocenters. The number of rotatable bonds is 0. The molecule has 0 bridgehead atoms. The van der Waals surface area contributed by atoms with E-state index < -0.39 is 0 Å². The van der Waals surface area contributed by atoms with E-state index in [-0.39, 0.29) is 54.8 Å². The van der Waals surface area contributed by atoms with E-state index in [9.17, 15) is 0 Å². The van der Waals surface area contributed by atoms with Crippen LogP contribution < -0.4 is 0 Å². The van der Waals surface area contributed by atoms with Gasteiger partial charge in [0.2, 0.25) is 0 Å². The van der Waals surface area contributed by atoms with Crippen LogP contribution in [0.2, 0.25) is 0 Å². The fourth-order valence-corrected chi connectivity index (χ4v) is 0. The monoisotopic (exact) mass is 56.0 g/mol. The van der Waals surface area contributed by atoms with Crippen LogP contribution in [0, 0.1) is 0 Å². The molecule has 0 saturated heterocycles. The van der Waals surface area contributed by atoms with Crippen molar-refractivity contribution in [1.29, 1.82) is 0 Å². The van der Waals surface area contributed by atoms with E-state index >= 15 is 0 Å². The van der Waals surface area contributed by atoms with Crippen molar-refractivity contribution in [3.8, 4) is 0 Å². The van der Waals surface area contributed by atoms with Gasteiger partial charge in [-0.1, -0.05) is 0 Å². The Hall–Kier alpha value is 1.19. The van der Waals surface area contributed by atoms with Crippen LogP contribution in [-0.4, -0.2) is 54.8 Å². The van der Waals surface area contributed by atoms with Gasteiger partial charge in [-0.3, -0.25) is 0 Å². The quantitative estimate of drug-likeness (QED) is 0.295. The van der Waals surface area contributed by atoms with E-state index in [0.29, 0.717) is 0 Å². The molecule has 0 aromatic rings. The maximum Gasteiger partial charge on any atom is 0 e. The van der Waals surface area contributed by atoms with Gasteiger partial charge in [0.25, 0.3) is 0 Å². The maximum absolute atomic E-state index is 0. The second-order valence-electron chi connectivity index (χ2n) is 0. The summed E-state index contributed by atoms with van der Waals surface area (Å²) in [7, 11) is 0. The standard InChI is InChI=1S/3B.Na. The summed E-state index contributed by atoms with van der Waals surface area (Å²) in [6.45, 7) is 0. The Balaban J connectivity index is 0. The zero-order valence-corrected chi connectivity index (χ0v) is 4.73. The van der Waals surface area contributed by atoms with E-state index in [4.69, 9.17) is 0 Å². The van der Waals surface area contributed by atoms with Crippen molar-refractivity contribution in [3.63, 3.8) is 0 Å². The minimum absolute atomic E-state index is 0. The second-order valence-corrected chi connectivity index (χ2v) is 0. The van der Waals surface area contributed by atoms with Crippen molar-refractivity contribution >= 4 is 54.8 Å². The van der Waals surface area contributed by atoms with Gasteiger partial charge in [0.05, 0.1) is 0 Å². The van der Waals surface area contributed by atoms with Gasteiger partial charge < -0.3 is 0 Å². The SMILES string of the molecule is [B].[B].[B].[Na]. The third-order valence-corrected chi connectivity index (χ3v) is 0. The third-order valence-electron chi connectivity index (χ3n) is 0. The van der Waals surface area contributed by atoms with E-state index in [1.165, 1.54) is 0 Å². The summed E-state index contributed by atoms with van der Waals surface area (Å²) in [5, 5.41) is 0. The van der Waals surface area contributed by atoms with Crippen molar-refractivity contribution in [2.75, 3.05) is 0 Å². The molecule has 0 aliphatic carbocycles. The van der Waals surface area contributed by atoms with Crippen molar-refractivity contribution in [2.24, 2.45) is 0 Å². The van der Waals surface area contributed by atoms with Gasteiger partial charge in [0.15, 0.2) is 0 Å². The molecule has 0 aromatic heterocycles. The number of hydrogen-bond donors (Lipinski definition) is 0. The summed E-state index contributed by atoms with van der Waals surface area (Å²) in [4.78, 5) is 0. The van der Waals surface area contributed by atoms with Crippen LogP contribution in [0.4, 0.5) is 0 Å². The largest absolute Gasteiger partial charge is 0 e. The van der Waals surface area contributed by atoms with Crippen LogP contribution in [0.3, 0.4) is 0 Å². The van der Waals surface area contributed by atoms with Crippen molar-refractivity contribution in [2.45, 2.75) is 0 Å². The van der Waals surface area contributed by atoms with Crippen LogP contribution >= 0.6 is 0 Å². The summed E-state index contributed by atoms with van der Waals surface area (Å²) >= 11 is 0. The molecular weight excluding hydrogens is 55.4 g/mol. The molecule has 0 amide bonds.